The number of nitrogens with zero attached hydrogens (tertiary/aromatic N) is 2. The second-order valence-electron chi connectivity index (χ2n) is 5.37. The molecule has 3 unspecified atom stereocenters. The van der Waals surface area contributed by atoms with E-state index in [4.69, 9.17) is 0 Å². The van der Waals surface area contributed by atoms with E-state index in [9.17, 15) is 18.3 Å². The van der Waals surface area contributed by atoms with Crippen LogP contribution in [0.4, 0.5) is 19.0 Å². The number of rotatable bonds is 1. The van der Waals surface area contributed by atoms with Crippen LogP contribution < -0.4 is 4.90 Å². The SMILES string of the molecule is OC1CCC2CN(c3cc(C(F)(F)F)ccn3)CC12. The molecular formula is C13H15F3N2O. The van der Waals surface area contributed by atoms with Crippen LogP contribution in [0.15, 0.2) is 18.3 Å². The standard InChI is InChI=1S/C13H15F3N2O/c14-13(15,16)9-3-4-17-12(5-9)18-6-8-1-2-11(19)10(8)7-18/h3-5,8,10-11,19H,1-2,6-7H2. The highest BCUT2D eigenvalue weighted by Crippen LogP contribution is 2.40. The lowest BCUT2D eigenvalue weighted by Gasteiger charge is -2.20. The fourth-order valence-corrected chi connectivity index (χ4v) is 3.19. The van der Waals surface area contributed by atoms with Crippen molar-refractivity contribution in [3.8, 4) is 0 Å². The highest BCUT2D eigenvalue weighted by atomic mass is 19.4. The molecule has 2 heterocycles. The molecule has 0 radical (unpaired) electrons. The molecule has 3 atom stereocenters. The molecule has 2 aliphatic rings. The topological polar surface area (TPSA) is 36.4 Å². The summed E-state index contributed by atoms with van der Waals surface area (Å²) in [5.41, 5.74) is -0.671. The van der Waals surface area contributed by atoms with Gasteiger partial charge in [-0.2, -0.15) is 13.2 Å². The van der Waals surface area contributed by atoms with Gasteiger partial charge in [-0.15, -0.1) is 0 Å². The number of fused-ring (bicyclic) bond motifs is 1. The van der Waals surface area contributed by atoms with Crippen molar-refractivity contribution < 1.29 is 18.3 Å². The summed E-state index contributed by atoms with van der Waals surface area (Å²) >= 11 is 0. The van der Waals surface area contributed by atoms with Gasteiger partial charge < -0.3 is 10.0 Å². The Balaban J connectivity index is 1.81. The number of hydrogen-bond donors (Lipinski definition) is 1. The number of hydrogen-bond acceptors (Lipinski definition) is 3. The van der Waals surface area contributed by atoms with Crippen molar-refractivity contribution in [3.05, 3.63) is 23.9 Å². The van der Waals surface area contributed by atoms with Crippen LogP contribution in [-0.4, -0.2) is 29.3 Å². The molecule has 19 heavy (non-hydrogen) atoms. The Morgan fingerprint density at radius 3 is 2.74 bits per heavy atom. The van der Waals surface area contributed by atoms with Crippen LogP contribution in [0.1, 0.15) is 18.4 Å². The third-order valence-electron chi connectivity index (χ3n) is 4.22. The second-order valence-corrected chi connectivity index (χ2v) is 5.37. The Morgan fingerprint density at radius 1 is 1.26 bits per heavy atom. The molecule has 1 aromatic heterocycles. The van der Waals surface area contributed by atoms with Crippen molar-refractivity contribution in [2.24, 2.45) is 11.8 Å². The Kier molecular flexibility index (Phi) is 2.92. The van der Waals surface area contributed by atoms with Gasteiger partial charge >= 0.3 is 6.18 Å². The minimum atomic E-state index is -4.34. The van der Waals surface area contributed by atoms with Crippen LogP contribution in [0.3, 0.4) is 0 Å². The average Bonchev–Trinajstić information content (AvgIpc) is 2.91. The molecule has 1 aliphatic carbocycles. The average molecular weight is 272 g/mol. The third-order valence-corrected chi connectivity index (χ3v) is 4.22. The summed E-state index contributed by atoms with van der Waals surface area (Å²) in [4.78, 5) is 5.89. The number of aromatic nitrogens is 1. The second kappa shape index (κ2) is 4.37. The number of aliphatic hydroxyl groups excluding tert-OH is 1. The van der Waals surface area contributed by atoms with Crippen molar-refractivity contribution in [3.63, 3.8) is 0 Å². The van der Waals surface area contributed by atoms with E-state index in [0.717, 1.165) is 25.0 Å². The molecule has 6 heteroatoms. The lowest BCUT2D eigenvalue weighted by atomic mass is 10.00. The van der Waals surface area contributed by atoms with Gasteiger partial charge in [0, 0.05) is 25.2 Å². The molecule has 0 aromatic carbocycles. The predicted molar refractivity (Wildman–Crippen MR) is 63.7 cm³/mol. The largest absolute Gasteiger partial charge is 0.416 e. The number of pyridine rings is 1. The molecule has 104 valence electrons. The van der Waals surface area contributed by atoms with Crippen LogP contribution in [-0.2, 0) is 6.18 Å². The molecule has 0 spiro atoms. The molecule has 1 aliphatic heterocycles. The van der Waals surface area contributed by atoms with E-state index in [1.807, 2.05) is 4.90 Å². The van der Waals surface area contributed by atoms with Gasteiger partial charge in [-0.1, -0.05) is 0 Å². The van der Waals surface area contributed by atoms with E-state index >= 15 is 0 Å². The molecule has 1 aromatic rings. The molecular weight excluding hydrogens is 257 g/mol. The first-order chi connectivity index (χ1) is 8.95. The highest BCUT2D eigenvalue weighted by molar-refractivity contribution is 5.43. The van der Waals surface area contributed by atoms with Crippen molar-refractivity contribution >= 4 is 5.82 Å². The smallest absolute Gasteiger partial charge is 0.393 e. The van der Waals surface area contributed by atoms with E-state index in [0.29, 0.717) is 24.8 Å². The van der Waals surface area contributed by atoms with E-state index < -0.39 is 11.7 Å². The summed E-state index contributed by atoms with van der Waals surface area (Å²) in [6.07, 6.45) is -1.71. The van der Waals surface area contributed by atoms with Crippen molar-refractivity contribution in [1.29, 1.82) is 0 Å². The first kappa shape index (κ1) is 12.7. The molecule has 0 bridgehead atoms. The van der Waals surface area contributed by atoms with Gasteiger partial charge in [-0.05, 0) is 30.9 Å². The quantitative estimate of drug-likeness (QED) is 0.852. The van der Waals surface area contributed by atoms with Crippen LogP contribution in [0.2, 0.25) is 0 Å². The molecule has 1 saturated heterocycles. The summed E-state index contributed by atoms with van der Waals surface area (Å²) < 4.78 is 38.0. The zero-order valence-corrected chi connectivity index (χ0v) is 10.3. The molecule has 3 rings (SSSR count). The first-order valence-corrected chi connectivity index (χ1v) is 6.41. The maximum atomic E-state index is 12.7. The normalized spacial score (nSPS) is 30.7. The van der Waals surface area contributed by atoms with Gasteiger partial charge in [0.1, 0.15) is 5.82 Å². The molecule has 1 N–H and O–H groups in total. The zero-order valence-electron chi connectivity index (χ0n) is 10.3. The van der Waals surface area contributed by atoms with Gasteiger partial charge in [0.05, 0.1) is 11.7 Å². The summed E-state index contributed by atoms with van der Waals surface area (Å²) in [6.45, 7) is 1.29. The maximum Gasteiger partial charge on any atom is 0.416 e. The zero-order chi connectivity index (χ0) is 13.6. The molecule has 0 amide bonds. The van der Waals surface area contributed by atoms with Crippen molar-refractivity contribution in [2.75, 3.05) is 18.0 Å². The van der Waals surface area contributed by atoms with Crippen LogP contribution in [0, 0.1) is 11.8 Å². The van der Waals surface area contributed by atoms with Crippen LogP contribution in [0.5, 0.6) is 0 Å². The number of anilines is 1. The van der Waals surface area contributed by atoms with Crippen LogP contribution >= 0.6 is 0 Å². The molecule has 2 fully saturated rings. The number of aliphatic hydroxyl groups is 1. The van der Waals surface area contributed by atoms with Gasteiger partial charge in [0.2, 0.25) is 0 Å². The first-order valence-electron chi connectivity index (χ1n) is 6.41. The van der Waals surface area contributed by atoms with Crippen molar-refractivity contribution in [1.82, 2.24) is 4.98 Å². The maximum absolute atomic E-state index is 12.7. The summed E-state index contributed by atoms with van der Waals surface area (Å²) in [5.74, 6) is 0.916. The van der Waals surface area contributed by atoms with E-state index in [-0.39, 0.29) is 12.0 Å². The fourth-order valence-electron chi connectivity index (χ4n) is 3.19. The van der Waals surface area contributed by atoms with Gasteiger partial charge in [0.25, 0.3) is 0 Å². The van der Waals surface area contributed by atoms with E-state index in [2.05, 4.69) is 4.98 Å². The number of halogens is 3. The van der Waals surface area contributed by atoms with Crippen molar-refractivity contribution in [2.45, 2.75) is 25.1 Å². The summed E-state index contributed by atoms with van der Waals surface area (Å²) in [6, 6.07) is 2.07. The van der Waals surface area contributed by atoms with Gasteiger partial charge in [-0.25, -0.2) is 4.98 Å². The summed E-state index contributed by atoms with van der Waals surface area (Å²) in [5, 5.41) is 9.82. The van der Waals surface area contributed by atoms with Gasteiger partial charge in [0.15, 0.2) is 0 Å². The minimum absolute atomic E-state index is 0.177. The van der Waals surface area contributed by atoms with Crippen LogP contribution in [0.25, 0.3) is 0 Å². The monoisotopic (exact) mass is 272 g/mol. The fraction of sp³-hybridized carbons (Fsp3) is 0.615. The molecule has 3 nitrogen and oxygen atoms in total. The van der Waals surface area contributed by atoms with Gasteiger partial charge in [-0.3, -0.25) is 0 Å². The van der Waals surface area contributed by atoms with E-state index in [1.54, 1.807) is 0 Å². The third kappa shape index (κ3) is 2.29. The van der Waals surface area contributed by atoms with E-state index in [1.165, 1.54) is 6.20 Å². The Morgan fingerprint density at radius 2 is 2.05 bits per heavy atom. The Bertz CT molecular complexity index is 477. The Labute approximate surface area is 109 Å². The molecule has 1 saturated carbocycles. The number of alkyl halides is 3. The predicted octanol–water partition coefficient (Wildman–Crippen LogP) is 2.31. The summed E-state index contributed by atoms with van der Waals surface area (Å²) in [7, 11) is 0. The highest BCUT2D eigenvalue weighted by Gasteiger charge is 2.42. The Hall–Kier alpha value is -1.30. The lowest BCUT2D eigenvalue weighted by Crippen LogP contribution is -2.25. The minimum Gasteiger partial charge on any atom is -0.393 e. The lowest BCUT2D eigenvalue weighted by molar-refractivity contribution is -0.137.